The van der Waals surface area contributed by atoms with E-state index < -0.39 is 5.97 Å². The molecule has 1 amide bonds. The Kier molecular flexibility index (Phi) is 3.31. The predicted octanol–water partition coefficient (Wildman–Crippen LogP) is 2.32. The summed E-state index contributed by atoms with van der Waals surface area (Å²) in [7, 11) is 0. The lowest BCUT2D eigenvalue weighted by Crippen LogP contribution is -2.36. The number of carboxylic acids is 1. The van der Waals surface area contributed by atoms with Crippen LogP contribution in [0, 0.1) is 0 Å². The molecule has 5 heteroatoms. The third-order valence-electron chi connectivity index (χ3n) is 4.01. The molecule has 0 spiro atoms. The summed E-state index contributed by atoms with van der Waals surface area (Å²) in [6, 6.07) is 1.90. The lowest BCUT2D eigenvalue weighted by molar-refractivity contribution is -0.137. The van der Waals surface area contributed by atoms with Crippen LogP contribution in [0.25, 0.3) is 0 Å². The van der Waals surface area contributed by atoms with E-state index in [-0.39, 0.29) is 18.4 Å². The van der Waals surface area contributed by atoms with Crippen LogP contribution in [0.5, 0.6) is 0 Å². The van der Waals surface area contributed by atoms with Gasteiger partial charge < -0.3 is 10.0 Å². The molecule has 0 saturated carbocycles. The van der Waals surface area contributed by atoms with Crippen LogP contribution < -0.4 is 0 Å². The van der Waals surface area contributed by atoms with Crippen LogP contribution in [0.1, 0.15) is 45.8 Å². The van der Waals surface area contributed by atoms with Crippen LogP contribution in [-0.2, 0) is 17.6 Å². The fourth-order valence-corrected chi connectivity index (χ4v) is 4.30. The molecule has 0 unspecified atom stereocenters. The number of carbonyl (C=O) groups is 2. The highest BCUT2D eigenvalue weighted by Gasteiger charge is 2.32. The minimum Gasteiger partial charge on any atom is -0.481 e. The zero-order chi connectivity index (χ0) is 13.4. The van der Waals surface area contributed by atoms with Crippen LogP contribution in [-0.4, -0.2) is 34.5 Å². The van der Waals surface area contributed by atoms with Gasteiger partial charge in [-0.1, -0.05) is 0 Å². The van der Waals surface area contributed by atoms with E-state index in [4.69, 9.17) is 5.11 Å². The molecule has 0 radical (unpaired) electrons. The molecule has 3 rings (SSSR count). The lowest BCUT2D eigenvalue weighted by atomic mass is 10.1. The van der Waals surface area contributed by atoms with Crippen LogP contribution >= 0.6 is 11.3 Å². The summed E-state index contributed by atoms with van der Waals surface area (Å²) in [5.74, 6) is -0.790. The normalized spacial score (nSPS) is 21.7. The molecule has 0 aromatic carbocycles. The molecule has 1 N–H and O–H groups in total. The predicted molar refractivity (Wildman–Crippen MR) is 72.7 cm³/mol. The van der Waals surface area contributed by atoms with Crippen LogP contribution in [0.4, 0.5) is 0 Å². The molecule has 19 heavy (non-hydrogen) atoms. The molecule has 1 aromatic rings. The maximum absolute atomic E-state index is 12.5. The van der Waals surface area contributed by atoms with Crippen molar-refractivity contribution in [1.29, 1.82) is 0 Å². The Morgan fingerprint density at radius 2 is 2.21 bits per heavy atom. The number of hydrogen-bond donors (Lipinski definition) is 1. The molecule has 1 atom stereocenters. The topological polar surface area (TPSA) is 57.6 Å². The number of rotatable bonds is 3. The average Bonchev–Trinajstić information content (AvgIpc) is 2.99. The van der Waals surface area contributed by atoms with E-state index in [0.717, 1.165) is 30.6 Å². The van der Waals surface area contributed by atoms with E-state index in [2.05, 4.69) is 0 Å². The molecule has 1 aliphatic heterocycles. The first-order valence-corrected chi connectivity index (χ1v) is 7.61. The number of carboxylic acid groups (broad SMARTS) is 1. The third-order valence-corrected chi connectivity index (χ3v) is 5.23. The zero-order valence-electron chi connectivity index (χ0n) is 10.7. The highest BCUT2D eigenvalue weighted by atomic mass is 32.1. The van der Waals surface area contributed by atoms with Gasteiger partial charge in [-0.05, 0) is 43.7 Å². The van der Waals surface area contributed by atoms with Gasteiger partial charge in [-0.15, -0.1) is 11.3 Å². The number of hydrogen-bond acceptors (Lipinski definition) is 3. The van der Waals surface area contributed by atoms with Crippen molar-refractivity contribution in [2.45, 2.75) is 44.6 Å². The molecular formula is C14H17NO3S. The Hall–Kier alpha value is -1.36. The highest BCUT2D eigenvalue weighted by molar-refractivity contribution is 7.14. The van der Waals surface area contributed by atoms with Gasteiger partial charge in [-0.2, -0.15) is 0 Å². The van der Waals surface area contributed by atoms with E-state index >= 15 is 0 Å². The Bertz CT molecular complexity index is 501. The Morgan fingerprint density at radius 3 is 2.95 bits per heavy atom. The Labute approximate surface area is 116 Å². The van der Waals surface area contributed by atoms with Crippen molar-refractivity contribution in [3.05, 3.63) is 21.4 Å². The number of carbonyl (C=O) groups excluding carboxylic acids is 1. The Balaban J connectivity index is 1.76. The van der Waals surface area contributed by atoms with Gasteiger partial charge in [0, 0.05) is 17.5 Å². The third kappa shape index (κ3) is 2.39. The van der Waals surface area contributed by atoms with Crippen molar-refractivity contribution in [2.75, 3.05) is 6.54 Å². The number of likely N-dealkylation sites (tertiary alicyclic amines) is 1. The van der Waals surface area contributed by atoms with Crippen molar-refractivity contribution in [1.82, 2.24) is 4.90 Å². The molecule has 1 aromatic heterocycles. The van der Waals surface area contributed by atoms with Gasteiger partial charge in [0.25, 0.3) is 5.91 Å². The lowest BCUT2D eigenvalue weighted by Gasteiger charge is -2.22. The second-order valence-electron chi connectivity index (χ2n) is 5.31. The fourth-order valence-electron chi connectivity index (χ4n) is 3.09. The summed E-state index contributed by atoms with van der Waals surface area (Å²) in [5, 5.41) is 8.90. The number of aryl methyl sites for hydroxylation is 2. The average molecular weight is 279 g/mol. The summed E-state index contributed by atoms with van der Waals surface area (Å²) in [6.45, 7) is 0.694. The summed E-state index contributed by atoms with van der Waals surface area (Å²) in [4.78, 5) is 27.2. The highest BCUT2D eigenvalue weighted by Crippen LogP contribution is 2.32. The smallest absolute Gasteiger partial charge is 0.305 e. The first-order valence-electron chi connectivity index (χ1n) is 6.79. The molecule has 0 bridgehead atoms. The quantitative estimate of drug-likeness (QED) is 0.923. The number of aliphatic carboxylic acids is 1. The number of thiophene rings is 1. The Morgan fingerprint density at radius 1 is 1.37 bits per heavy atom. The second-order valence-corrected chi connectivity index (χ2v) is 6.44. The first-order chi connectivity index (χ1) is 9.15. The zero-order valence-corrected chi connectivity index (χ0v) is 11.5. The van der Waals surface area contributed by atoms with Crippen LogP contribution in [0.15, 0.2) is 6.07 Å². The SMILES string of the molecule is O=C(O)C[C@@H]1CCCN1C(=O)c1cc2c(s1)CCC2. The van der Waals surface area contributed by atoms with E-state index in [0.29, 0.717) is 6.54 Å². The summed E-state index contributed by atoms with van der Waals surface area (Å²) in [6.07, 6.45) is 5.15. The maximum Gasteiger partial charge on any atom is 0.305 e. The van der Waals surface area contributed by atoms with Crippen molar-refractivity contribution in [3.8, 4) is 0 Å². The number of amides is 1. The van der Waals surface area contributed by atoms with Crippen molar-refractivity contribution < 1.29 is 14.7 Å². The molecular weight excluding hydrogens is 262 g/mol. The van der Waals surface area contributed by atoms with Gasteiger partial charge in [0.2, 0.25) is 0 Å². The number of fused-ring (bicyclic) bond motifs is 1. The molecule has 4 nitrogen and oxygen atoms in total. The second kappa shape index (κ2) is 4.96. The largest absolute Gasteiger partial charge is 0.481 e. The van der Waals surface area contributed by atoms with E-state index in [1.165, 1.54) is 16.9 Å². The molecule has 2 aliphatic rings. The summed E-state index contributed by atoms with van der Waals surface area (Å²) < 4.78 is 0. The fraction of sp³-hybridized carbons (Fsp3) is 0.571. The van der Waals surface area contributed by atoms with Gasteiger partial charge in [0.15, 0.2) is 0 Å². The van der Waals surface area contributed by atoms with Gasteiger partial charge in [-0.3, -0.25) is 9.59 Å². The molecule has 1 aliphatic carbocycles. The van der Waals surface area contributed by atoms with Crippen molar-refractivity contribution >= 4 is 23.2 Å². The minimum atomic E-state index is -0.821. The first kappa shape index (κ1) is 12.7. The summed E-state index contributed by atoms with van der Waals surface area (Å²) >= 11 is 1.60. The van der Waals surface area contributed by atoms with Crippen LogP contribution in [0.3, 0.4) is 0 Å². The maximum atomic E-state index is 12.5. The van der Waals surface area contributed by atoms with Crippen molar-refractivity contribution in [2.24, 2.45) is 0 Å². The van der Waals surface area contributed by atoms with Gasteiger partial charge in [-0.25, -0.2) is 0 Å². The molecule has 2 heterocycles. The van der Waals surface area contributed by atoms with E-state index in [1.807, 2.05) is 6.07 Å². The van der Waals surface area contributed by atoms with Crippen molar-refractivity contribution in [3.63, 3.8) is 0 Å². The van der Waals surface area contributed by atoms with Gasteiger partial charge >= 0.3 is 5.97 Å². The minimum absolute atomic E-state index is 0.0307. The van der Waals surface area contributed by atoms with E-state index in [1.54, 1.807) is 16.2 Å². The molecule has 102 valence electrons. The summed E-state index contributed by atoms with van der Waals surface area (Å²) in [5.41, 5.74) is 1.32. The monoisotopic (exact) mass is 279 g/mol. The van der Waals surface area contributed by atoms with E-state index in [9.17, 15) is 9.59 Å². The molecule has 1 saturated heterocycles. The molecule has 1 fully saturated rings. The van der Waals surface area contributed by atoms with Crippen LogP contribution in [0.2, 0.25) is 0 Å². The standard InChI is InChI=1S/C14H17NO3S/c16-13(17)8-10-4-2-6-15(10)14(18)12-7-9-3-1-5-11(9)19-12/h7,10H,1-6,8H2,(H,16,17)/t10-/m0/s1. The van der Waals surface area contributed by atoms with Gasteiger partial charge in [0.05, 0.1) is 11.3 Å². The number of nitrogens with zero attached hydrogens (tertiary/aromatic N) is 1. The van der Waals surface area contributed by atoms with Gasteiger partial charge in [0.1, 0.15) is 0 Å².